The fourth-order valence-corrected chi connectivity index (χ4v) is 4.81. The van der Waals surface area contributed by atoms with Crippen LogP contribution in [0, 0.1) is 12.7 Å². The fraction of sp³-hybridized carbons (Fsp3) is 0.217. The summed E-state index contributed by atoms with van der Waals surface area (Å²) in [5.41, 5.74) is 1.70. The Balaban J connectivity index is 1.68. The van der Waals surface area contributed by atoms with E-state index in [2.05, 4.69) is 10.2 Å². The van der Waals surface area contributed by atoms with Gasteiger partial charge >= 0.3 is 5.91 Å². The van der Waals surface area contributed by atoms with Gasteiger partial charge < -0.3 is 9.84 Å². The lowest BCUT2D eigenvalue weighted by Gasteiger charge is -2.22. The summed E-state index contributed by atoms with van der Waals surface area (Å²) in [5.74, 6) is -1.69. The molecular weight excluding hydrogens is 433 g/mol. The summed E-state index contributed by atoms with van der Waals surface area (Å²) in [6, 6.07) is 9.64. The molecule has 32 heavy (non-hydrogen) atoms. The Morgan fingerprint density at radius 3 is 2.62 bits per heavy atom. The zero-order valence-corrected chi connectivity index (χ0v) is 18.0. The second-order valence-corrected chi connectivity index (χ2v) is 8.94. The lowest BCUT2D eigenvalue weighted by Crippen LogP contribution is -2.29. The maximum absolute atomic E-state index is 13.6. The van der Waals surface area contributed by atoms with E-state index in [4.69, 9.17) is 4.74 Å². The highest BCUT2D eigenvalue weighted by Crippen LogP contribution is 2.43. The molecule has 0 unspecified atom stereocenters. The van der Waals surface area contributed by atoms with Crippen LogP contribution in [0.25, 0.3) is 5.76 Å². The number of halogens is 1. The summed E-state index contributed by atoms with van der Waals surface area (Å²) < 4.78 is 19.3. The van der Waals surface area contributed by atoms with Crippen molar-refractivity contribution in [1.29, 1.82) is 0 Å². The van der Waals surface area contributed by atoms with Crippen LogP contribution in [-0.4, -0.2) is 33.1 Å². The smallest absolute Gasteiger partial charge is 0.301 e. The highest BCUT2D eigenvalue weighted by molar-refractivity contribution is 7.15. The molecule has 0 spiro atoms. The monoisotopic (exact) mass is 451 g/mol. The van der Waals surface area contributed by atoms with E-state index in [-0.39, 0.29) is 22.6 Å². The molecule has 5 rings (SSSR count). The van der Waals surface area contributed by atoms with Crippen LogP contribution in [0.4, 0.5) is 9.52 Å². The number of carbonyl (C=O) groups excluding carboxylic acids is 2. The first-order valence-corrected chi connectivity index (χ1v) is 10.8. The molecule has 0 saturated carbocycles. The Bertz CT molecular complexity index is 1280. The minimum atomic E-state index is -0.966. The van der Waals surface area contributed by atoms with E-state index in [1.54, 1.807) is 25.1 Å². The number of benzene rings is 2. The maximum atomic E-state index is 13.6. The number of nitrogens with zero attached hydrogens (tertiary/aromatic N) is 3. The summed E-state index contributed by atoms with van der Waals surface area (Å²) in [4.78, 5) is 27.3. The fourth-order valence-electron chi connectivity index (χ4n) is 4.10. The molecule has 0 aliphatic carbocycles. The van der Waals surface area contributed by atoms with Crippen LogP contribution in [0.5, 0.6) is 5.75 Å². The average Bonchev–Trinajstić information content (AvgIpc) is 3.43. The van der Waals surface area contributed by atoms with Gasteiger partial charge in [0.1, 0.15) is 28.4 Å². The molecule has 1 aromatic heterocycles. The quantitative estimate of drug-likeness (QED) is 0.368. The number of rotatable bonds is 3. The molecule has 1 N–H and O–H groups in total. The first-order valence-electron chi connectivity index (χ1n) is 10.00. The van der Waals surface area contributed by atoms with Gasteiger partial charge in [0.05, 0.1) is 11.6 Å². The van der Waals surface area contributed by atoms with E-state index in [9.17, 15) is 19.1 Å². The summed E-state index contributed by atoms with van der Waals surface area (Å²) in [7, 11) is 0. The number of fused-ring (bicyclic) bond motifs is 1. The molecule has 1 saturated heterocycles. The van der Waals surface area contributed by atoms with Crippen molar-refractivity contribution in [1.82, 2.24) is 10.2 Å². The van der Waals surface area contributed by atoms with Gasteiger partial charge in [-0.3, -0.25) is 14.5 Å². The zero-order valence-electron chi connectivity index (χ0n) is 17.2. The molecule has 1 amide bonds. The van der Waals surface area contributed by atoms with Gasteiger partial charge in [-0.2, -0.15) is 0 Å². The van der Waals surface area contributed by atoms with Crippen LogP contribution in [0.1, 0.15) is 34.7 Å². The number of ketones is 1. The Morgan fingerprint density at radius 1 is 1.19 bits per heavy atom. The van der Waals surface area contributed by atoms with E-state index >= 15 is 0 Å². The van der Waals surface area contributed by atoms with Gasteiger partial charge in [-0.05, 0) is 55.3 Å². The van der Waals surface area contributed by atoms with Crippen LogP contribution in [0.15, 0.2) is 48.0 Å². The Morgan fingerprint density at radius 2 is 1.94 bits per heavy atom. The third kappa shape index (κ3) is 3.25. The SMILES string of the molecule is Cc1nnc(N2C(=O)C(=O)/C(=C(/O)c3ccc4c(c3)C[C@H](C)O4)[C@@H]2c2ccc(F)cc2)s1. The van der Waals surface area contributed by atoms with Crippen LogP contribution in [-0.2, 0) is 16.0 Å². The number of aromatic nitrogens is 2. The van der Waals surface area contributed by atoms with E-state index in [1.165, 1.54) is 29.2 Å². The Labute approximate surface area is 186 Å². The molecule has 0 radical (unpaired) electrons. The second-order valence-electron chi connectivity index (χ2n) is 7.78. The van der Waals surface area contributed by atoms with Gasteiger partial charge in [0.2, 0.25) is 5.13 Å². The van der Waals surface area contributed by atoms with Gasteiger partial charge in [-0.1, -0.05) is 23.5 Å². The molecule has 2 atom stereocenters. The minimum absolute atomic E-state index is 0.0211. The molecule has 2 aliphatic rings. The van der Waals surface area contributed by atoms with Crippen molar-refractivity contribution in [3.05, 3.63) is 75.6 Å². The first kappa shape index (κ1) is 20.3. The normalized spacial score (nSPS) is 21.7. The van der Waals surface area contributed by atoms with Crippen molar-refractivity contribution < 1.29 is 23.8 Å². The van der Waals surface area contributed by atoms with Crippen molar-refractivity contribution in [2.75, 3.05) is 4.90 Å². The topological polar surface area (TPSA) is 92.6 Å². The number of amides is 1. The molecule has 3 heterocycles. The molecular formula is C23H18FN3O4S. The number of hydrogen-bond acceptors (Lipinski definition) is 7. The van der Waals surface area contributed by atoms with Crippen molar-refractivity contribution in [2.45, 2.75) is 32.4 Å². The second kappa shape index (κ2) is 7.52. The van der Waals surface area contributed by atoms with Gasteiger partial charge in [0.25, 0.3) is 5.78 Å². The predicted molar refractivity (Wildman–Crippen MR) is 116 cm³/mol. The van der Waals surface area contributed by atoms with Crippen LogP contribution >= 0.6 is 11.3 Å². The predicted octanol–water partition coefficient (Wildman–Crippen LogP) is 3.94. The van der Waals surface area contributed by atoms with Gasteiger partial charge in [-0.15, -0.1) is 10.2 Å². The van der Waals surface area contributed by atoms with Crippen molar-refractivity contribution >= 4 is 33.9 Å². The van der Waals surface area contributed by atoms with Crippen molar-refractivity contribution in [3.8, 4) is 5.75 Å². The number of Topliss-reactive ketones (excluding diaryl/α,β-unsaturated/α-hetero) is 1. The third-order valence-corrected chi connectivity index (χ3v) is 6.36. The summed E-state index contributed by atoms with van der Waals surface area (Å²) in [6.07, 6.45) is 0.698. The van der Waals surface area contributed by atoms with Crippen molar-refractivity contribution in [2.24, 2.45) is 0 Å². The lowest BCUT2D eigenvalue weighted by atomic mass is 9.94. The largest absolute Gasteiger partial charge is 0.507 e. The number of carbonyl (C=O) groups is 2. The number of aliphatic hydroxyl groups is 1. The van der Waals surface area contributed by atoms with Gasteiger partial charge in [0, 0.05) is 12.0 Å². The third-order valence-electron chi connectivity index (χ3n) is 5.52. The van der Waals surface area contributed by atoms with Gasteiger partial charge in [-0.25, -0.2) is 4.39 Å². The highest BCUT2D eigenvalue weighted by atomic mass is 32.1. The minimum Gasteiger partial charge on any atom is -0.507 e. The first-order chi connectivity index (χ1) is 15.3. The van der Waals surface area contributed by atoms with E-state index in [0.717, 1.165) is 22.6 Å². The molecule has 1 fully saturated rings. The molecule has 7 nitrogen and oxygen atoms in total. The number of ether oxygens (including phenoxy) is 1. The maximum Gasteiger partial charge on any atom is 0.301 e. The van der Waals surface area contributed by atoms with Crippen LogP contribution in [0.2, 0.25) is 0 Å². The average molecular weight is 451 g/mol. The Hall–Kier alpha value is -3.59. The lowest BCUT2D eigenvalue weighted by molar-refractivity contribution is -0.132. The number of aliphatic hydroxyl groups excluding tert-OH is 1. The molecule has 3 aromatic rings. The number of anilines is 1. The zero-order chi connectivity index (χ0) is 22.6. The summed E-state index contributed by atoms with van der Waals surface area (Å²) in [5, 5.41) is 20.0. The van der Waals surface area contributed by atoms with Crippen LogP contribution in [0.3, 0.4) is 0 Å². The van der Waals surface area contributed by atoms with Crippen LogP contribution < -0.4 is 9.64 Å². The highest BCUT2D eigenvalue weighted by Gasteiger charge is 2.48. The van der Waals surface area contributed by atoms with Crippen molar-refractivity contribution in [3.63, 3.8) is 0 Å². The molecule has 2 aromatic carbocycles. The summed E-state index contributed by atoms with van der Waals surface area (Å²) >= 11 is 1.15. The molecule has 9 heteroatoms. The molecule has 2 aliphatic heterocycles. The van der Waals surface area contributed by atoms with Gasteiger partial charge in [0.15, 0.2) is 0 Å². The summed E-state index contributed by atoms with van der Waals surface area (Å²) in [6.45, 7) is 3.68. The number of hydrogen-bond donors (Lipinski definition) is 1. The van der Waals surface area contributed by atoms with E-state index in [1.807, 2.05) is 6.92 Å². The number of aryl methyl sites for hydroxylation is 1. The standard InChI is InChI=1S/C23H18FN3O4S/c1-11-9-15-10-14(5-8-17(15)31-11)20(28)18-19(13-3-6-16(24)7-4-13)27(22(30)21(18)29)23-26-25-12(2)32-23/h3-8,10-11,19,28H,9H2,1-2H3/b20-18+/t11-,19-/m0/s1. The molecule has 0 bridgehead atoms. The van der Waals surface area contributed by atoms with E-state index in [0.29, 0.717) is 22.6 Å². The van der Waals surface area contributed by atoms with E-state index < -0.39 is 23.5 Å². The Kier molecular flexibility index (Phi) is 4.78. The molecule has 162 valence electrons.